The van der Waals surface area contributed by atoms with Crippen LogP contribution in [0.25, 0.3) is 11.0 Å². The highest BCUT2D eigenvalue weighted by molar-refractivity contribution is 5.88. The lowest BCUT2D eigenvalue weighted by atomic mass is 10.1. The van der Waals surface area contributed by atoms with E-state index in [1.54, 1.807) is 6.26 Å². The number of amides is 1. The minimum absolute atomic E-state index is 0.0177. The van der Waals surface area contributed by atoms with Crippen LogP contribution in [-0.2, 0) is 37.3 Å². The summed E-state index contributed by atoms with van der Waals surface area (Å²) in [6.45, 7) is 5.36. The summed E-state index contributed by atoms with van der Waals surface area (Å²) in [4.78, 5) is 12.4. The van der Waals surface area contributed by atoms with Crippen molar-refractivity contribution in [2.75, 3.05) is 6.54 Å². The second kappa shape index (κ2) is 7.33. The molecule has 0 saturated heterocycles. The maximum Gasteiger partial charge on any atom is 0.224 e. The van der Waals surface area contributed by atoms with Crippen LogP contribution < -0.4 is 10.6 Å². The number of nitrogens with zero attached hydrogens (tertiary/aromatic N) is 2. The molecule has 3 aromatic rings. The van der Waals surface area contributed by atoms with Crippen molar-refractivity contribution in [3.8, 4) is 0 Å². The van der Waals surface area contributed by atoms with Crippen molar-refractivity contribution in [3.05, 3.63) is 53.0 Å². The maximum absolute atomic E-state index is 12.4. The fourth-order valence-corrected chi connectivity index (χ4v) is 3.42. The van der Waals surface area contributed by atoms with E-state index < -0.39 is 0 Å². The Hall–Kier alpha value is -2.60. The number of fused-ring (bicyclic) bond motifs is 2. The monoisotopic (exact) mass is 352 g/mol. The normalized spacial score (nSPS) is 14.2. The summed E-state index contributed by atoms with van der Waals surface area (Å²) in [6.07, 6.45) is 4.05. The molecule has 6 heteroatoms. The van der Waals surface area contributed by atoms with Crippen LogP contribution >= 0.6 is 0 Å². The van der Waals surface area contributed by atoms with Gasteiger partial charge in [-0.05, 0) is 43.1 Å². The highest BCUT2D eigenvalue weighted by Crippen LogP contribution is 2.23. The van der Waals surface area contributed by atoms with Gasteiger partial charge in [0.1, 0.15) is 5.58 Å². The van der Waals surface area contributed by atoms with Crippen molar-refractivity contribution in [1.82, 2.24) is 20.4 Å². The van der Waals surface area contributed by atoms with Gasteiger partial charge in [0, 0.05) is 24.0 Å². The summed E-state index contributed by atoms with van der Waals surface area (Å²) in [5.74, 6) is -0.0177. The fourth-order valence-electron chi connectivity index (χ4n) is 3.42. The summed E-state index contributed by atoms with van der Waals surface area (Å²) < 4.78 is 7.62. The quantitative estimate of drug-likeness (QED) is 0.740. The maximum atomic E-state index is 12.4. The Kier molecular flexibility index (Phi) is 4.75. The molecule has 0 atom stereocenters. The summed E-state index contributed by atoms with van der Waals surface area (Å²) in [5, 5.41) is 12.0. The fraction of sp³-hybridized carbons (Fsp3) is 0.400. The summed E-state index contributed by atoms with van der Waals surface area (Å²) in [6, 6.07) is 8.22. The molecule has 0 fully saturated rings. The molecule has 136 valence electrons. The molecule has 1 aliphatic heterocycles. The van der Waals surface area contributed by atoms with E-state index in [4.69, 9.17) is 4.42 Å². The van der Waals surface area contributed by atoms with Crippen molar-refractivity contribution in [1.29, 1.82) is 0 Å². The SMILES string of the molecule is CCc1ccc2occ(CC(=O)NCc3cc4n(n3)CCCNC4)c2c1. The first-order valence-electron chi connectivity index (χ1n) is 9.25. The van der Waals surface area contributed by atoms with Crippen molar-refractivity contribution in [2.24, 2.45) is 0 Å². The molecular formula is C20H24N4O2. The Bertz CT molecular complexity index is 902. The van der Waals surface area contributed by atoms with E-state index in [-0.39, 0.29) is 5.91 Å². The van der Waals surface area contributed by atoms with Gasteiger partial charge < -0.3 is 15.1 Å². The number of hydrogen-bond donors (Lipinski definition) is 2. The largest absolute Gasteiger partial charge is 0.464 e. The lowest BCUT2D eigenvalue weighted by Crippen LogP contribution is -2.24. The number of aromatic nitrogens is 2. The standard InChI is InChI=1S/C20H24N4O2/c1-2-14-4-5-19-18(8-14)15(13-26-19)9-20(25)22-11-16-10-17-12-21-6-3-7-24(17)23-16/h4-5,8,10,13,21H,2-3,6-7,9,11-12H2,1H3,(H,22,25). The molecule has 1 aromatic carbocycles. The Morgan fingerprint density at radius 2 is 2.31 bits per heavy atom. The van der Waals surface area contributed by atoms with Crippen LogP contribution in [0.5, 0.6) is 0 Å². The molecule has 0 radical (unpaired) electrons. The molecule has 2 N–H and O–H groups in total. The van der Waals surface area contributed by atoms with Gasteiger partial charge in [-0.15, -0.1) is 0 Å². The lowest BCUT2D eigenvalue weighted by molar-refractivity contribution is -0.120. The number of carbonyl (C=O) groups is 1. The lowest BCUT2D eigenvalue weighted by Gasteiger charge is -2.03. The second-order valence-electron chi connectivity index (χ2n) is 6.78. The summed E-state index contributed by atoms with van der Waals surface area (Å²) in [7, 11) is 0. The third kappa shape index (κ3) is 3.51. The number of benzene rings is 1. The van der Waals surface area contributed by atoms with Gasteiger partial charge in [-0.25, -0.2) is 0 Å². The van der Waals surface area contributed by atoms with Crippen LogP contribution in [0.4, 0.5) is 0 Å². The van der Waals surface area contributed by atoms with E-state index in [9.17, 15) is 4.79 Å². The highest BCUT2D eigenvalue weighted by Gasteiger charge is 2.13. The van der Waals surface area contributed by atoms with Gasteiger partial charge in [0.05, 0.1) is 30.6 Å². The van der Waals surface area contributed by atoms with Crippen LogP contribution in [-0.4, -0.2) is 22.2 Å². The Labute approximate surface area is 152 Å². The summed E-state index contributed by atoms with van der Waals surface area (Å²) >= 11 is 0. The van der Waals surface area contributed by atoms with Gasteiger partial charge in [0.2, 0.25) is 5.91 Å². The molecular weight excluding hydrogens is 328 g/mol. The van der Waals surface area contributed by atoms with Gasteiger partial charge in [0.25, 0.3) is 0 Å². The van der Waals surface area contributed by atoms with Crippen molar-refractivity contribution < 1.29 is 9.21 Å². The van der Waals surface area contributed by atoms with Gasteiger partial charge in [-0.2, -0.15) is 5.10 Å². The number of rotatable bonds is 5. The molecule has 6 nitrogen and oxygen atoms in total. The van der Waals surface area contributed by atoms with E-state index in [2.05, 4.69) is 40.9 Å². The van der Waals surface area contributed by atoms with Gasteiger partial charge in [-0.1, -0.05) is 13.0 Å². The predicted octanol–water partition coefficient (Wildman–Crippen LogP) is 2.54. The van der Waals surface area contributed by atoms with E-state index in [1.807, 2.05) is 10.7 Å². The molecule has 26 heavy (non-hydrogen) atoms. The number of nitrogens with one attached hydrogen (secondary N) is 2. The molecule has 0 saturated carbocycles. The second-order valence-corrected chi connectivity index (χ2v) is 6.78. The minimum Gasteiger partial charge on any atom is -0.464 e. The Morgan fingerprint density at radius 1 is 1.38 bits per heavy atom. The molecule has 4 rings (SSSR count). The molecule has 0 spiro atoms. The average Bonchev–Trinajstić information content (AvgIpc) is 3.17. The molecule has 1 amide bonds. The zero-order chi connectivity index (χ0) is 17.9. The molecule has 0 bridgehead atoms. The van der Waals surface area contributed by atoms with Crippen LogP contribution in [0.3, 0.4) is 0 Å². The molecule has 1 aliphatic rings. The van der Waals surface area contributed by atoms with Gasteiger partial charge in [0.15, 0.2) is 0 Å². The Balaban J connectivity index is 1.40. The van der Waals surface area contributed by atoms with E-state index in [0.29, 0.717) is 13.0 Å². The predicted molar refractivity (Wildman–Crippen MR) is 99.7 cm³/mol. The van der Waals surface area contributed by atoms with Gasteiger partial charge in [-0.3, -0.25) is 9.48 Å². The number of furan rings is 1. The van der Waals surface area contributed by atoms with E-state index >= 15 is 0 Å². The summed E-state index contributed by atoms with van der Waals surface area (Å²) in [5.41, 5.74) is 5.09. The van der Waals surface area contributed by atoms with Gasteiger partial charge >= 0.3 is 0 Å². The Morgan fingerprint density at radius 3 is 3.19 bits per heavy atom. The van der Waals surface area contributed by atoms with Crippen molar-refractivity contribution >= 4 is 16.9 Å². The minimum atomic E-state index is -0.0177. The van der Waals surface area contributed by atoms with Crippen LogP contribution in [0.1, 0.15) is 35.9 Å². The smallest absolute Gasteiger partial charge is 0.224 e. The number of aryl methyl sites for hydroxylation is 2. The van der Waals surface area contributed by atoms with Crippen LogP contribution in [0, 0.1) is 0 Å². The first-order chi connectivity index (χ1) is 12.7. The van der Waals surface area contributed by atoms with E-state index in [1.165, 1.54) is 11.3 Å². The van der Waals surface area contributed by atoms with Crippen molar-refractivity contribution in [3.63, 3.8) is 0 Å². The van der Waals surface area contributed by atoms with Crippen molar-refractivity contribution in [2.45, 2.75) is 45.8 Å². The molecule has 0 unspecified atom stereocenters. The first kappa shape index (κ1) is 16.8. The molecule has 3 heterocycles. The first-order valence-corrected chi connectivity index (χ1v) is 9.25. The number of hydrogen-bond acceptors (Lipinski definition) is 4. The molecule has 0 aliphatic carbocycles. The third-order valence-corrected chi connectivity index (χ3v) is 4.89. The third-order valence-electron chi connectivity index (χ3n) is 4.89. The van der Waals surface area contributed by atoms with Crippen LogP contribution in [0.2, 0.25) is 0 Å². The number of carbonyl (C=O) groups excluding carboxylic acids is 1. The zero-order valence-corrected chi connectivity index (χ0v) is 15.0. The van der Waals surface area contributed by atoms with E-state index in [0.717, 1.165) is 54.7 Å². The molecule has 2 aromatic heterocycles. The highest BCUT2D eigenvalue weighted by atomic mass is 16.3. The topological polar surface area (TPSA) is 72.1 Å². The van der Waals surface area contributed by atoms with Crippen LogP contribution in [0.15, 0.2) is 34.9 Å². The average molecular weight is 352 g/mol. The zero-order valence-electron chi connectivity index (χ0n) is 15.0.